The lowest BCUT2D eigenvalue weighted by Gasteiger charge is -2.33. The van der Waals surface area contributed by atoms with E-state index in [1.165, 1.54) is 15.6 Å². The zero-order valence-electron chi connectivity index (χ0n) is 17.9. The van der Waals surface area contributed by atoms with Crippen LogP contribution in [0.1, 0.15) is 24.8 Å². The Balaban J connectivity index is 1.51. The lowest BCUT2D eigenvalue weighted by atomic mass is 10.0. The largest absolute Gasteiger partial charge is 0.497 e. The first-order valence-corrected chi connectivity index (χ1v) is 12.7. The lowest BCUT2D eigenvalue weighted by molar-refractivity contribution is -0.120. The van der Waals surface area contributed by atoms with E-state index in [9.17, 15) is 13.2 Å². The highest BCUT2D eigenvalue weighted by molar-refractivity contribution is 7.89. The Morgan fingerprint density at radius 1 is 1.12 bits per heavy atom. The average molecular weight is 472 g/mol. The van der Waals surface area contributed by atoms with Gasteiger partial charge in [0.1, 0.15) is 11.8 Å². The van der Waals surface area contributed by atoms with E-state index in [1.54, 1.807) is 31.4 Å². The molecule has 1 saturated heterocycles. The van der Waals surface area contributed by atoms with Crippen molar-refractivity contribution in [2.75, 3.05) is 19.0 Å². The number of amides is 1. The first-order chi connectivity index (χ1) is 15.4. The van der Waals surface area contributed by atoms with Crippen molar-refractivity contribution in [3.63, 3.8) is 0 Å². The number of rotatable bonds is 6. The molecule has 1 aromatic heterocycles. The molecule has 0 aliphatic carbocycles. The van der Waals surface area contributed by atoms with Gasteiger partial charge in [-0.15, -0.1) is 11.3 Å². The van der Waals surface area contributed by atoms with Crippen LogP contribution in [0.15, 0.2) is 58.8 Å². The Kier molecular flexibility index (Phi) is 6.59. The number of aromatic nitrogens is 1. The molecule has 1 aliphatic rings. The van der Waals surface area contributed by atoms with Crippen LogP contribution >= 0.6 is 11.3 Å². The quantitative estimate of drug-likeness (QED) is 0.579. The predicted octanol–water partition coefficient (Wildman–Crippen LogP) is 4.31. The number of piperidine rings is 1. The number of ether oxygens (including phenoxy) is 1. The second-order valence-electron chi connectivity index (χ2n) is 7.70. The molecule has 0 saturated carbocycles. The van der Waals surface area contributed by atoms with E-state index in [-0.39, 0.29) is 10.8 Å². The summed E-state index contributed by atoms with van der Waals surface area (Å²) in [6, 6.07) is 13.5. The molecule has 32 heavy (non-hydrogen) atoms. The minimum Gasteiger partial charge on any atom is -0.497 e. The van der Waals surface area contributed by atoms with E-state index in [0.29, 0.717) is 18.1 Å². The monoisotopic (exact) mass is 471 g/mol. The van der Waals surface area contributed by atoms with Gasteiger partial charge in [0.15, 0.2) is 5.13 Å². The first-order valence-electron chi connectivity index (χ1n) is 10.4. The fraction of sp³-hybridized carbons (Fsp3) is 0.304. The molecule has 2 heterocycles. The second-order valence-corrected chi connectivity index (χ2v) is 10.4. The number of carbonyl (C=O) groups excluding carboxylic acids is 1. The van der Waals surface area contributed by atoms with Crippen molar-refractivity contribution >= 4 is 32.4 Å². The van der Waals surface area contributed by atoms with Gasteiger partial charge in [0.05, 0.1) is 17.7 Å². The van der Waals surface area contributed by atoms with E-state index >= 15 is 0 Å². The summed E-state index contributed by atoms with van der Waals surface area (Å²) in [4.78, 5) is 17.8. The van der Waals surface area contributed by atoms with Crippen molar-refractivity contribution in [1.82, 2.24) is 9.29 Å². The minimum atomic E-state index is -3.77. The third-order valence-corrected chi connectivity index (χ3v) is 8.18. The van der Waals surface area contributed by atoms with Crippen molar-refractivity contribution in [3.8, 4) is 17.0 Å². The number of methoxy groups -OCH3 is 1. The van der Waals surface area contributed by atoms with Gasteiger partial charge in [-0.25, -0.2) is 13.4 Å². The Morgan fingerprint density at radius 3 is 2.53 bits per heavy atom. The number of sulfonamides is 1. The average Bonchev–Trinajstić information content (AvgIpc) is 3.28. The molecule has 0 spiro atoms. The van der Waals surface area contributed by atoms with Crippen LogP contribution in [-0.2, 0) is 14.8 Å². The molecule has 1 N–H and O–H groups in total. The molecule has 3 aromatic rings. The van der Waals surface area contributed by atoms with Crippen molar-refractivity contribution < 1.29 is 17.9 Å². The highest BCUT2D eigenvalue weighted by Gasteiger charge is 2.37. The van der Waals surface area contributed by atoms with E-state index in [2.05, 4.69) is 10.3 Å². The molecule has 1 amide bonds. The van der Waals surface area contributed by atoms with E-state index in [4.69, 9.17) is 4.74 Å². The van der Waals surface area contributed by atoms with Gasteiger partial charge >= 0.3 is 0 Å². The van der Waals surface area contributed by atoms with E-state index < -0.39 is 16.1 Å². The van der Waals surface area contributed by atoms with Crippen LogP contribution in [0.5, 0.6) is 5.75 Å². The molecule has 9 heteroatoms. The second kappa shape index (κ2) is 9.40. The smallest absolute Gasteiger partial charge is 0.244 e. The minimum absolute atomic E-state index is 0.207. The summed E-state index contributed by atoms with van der Waals surface area (Å²) in [6.07, 6.45) is 2.01. The van der Waals surface area contributed by atoms with Crippen molar-refractivity contribution in [1.29, 1.82) is 0 Å². The fourth-order valence-corrected chi connectivity index (χ4v) is 6.09. The number of thiazole rings is 1. The summed E-state index contributed by atoms with van der Waals surface area (Å²) in [5.74, 6) is 0.403. The van der Waals surface area contributed by atoms with Crippen LogP contribution < -0.4 is 10.1 Å². The third-order valence-electron chi connectivity index (χ3n) is 5.50. The predicted molar refractivity (Wildman–Crippen MR) is 125 cm³/mol. The molecular formula is C23H25N3O4S2. The molecule has 0 radical (unpaired) electrons. The van der Waals surface area contributed by atoms with Crippen molar-refractivity contribution in [2.45, 2.75) is 37.1 Å². The van der Waals surface area contributed by atoms with Gasteiger partial charge in [0.2, 0.25) is 15.9 Å². The number of aryl methyl sites for hydroxylation is 1. The lowest BCUT2D eigenvalue weighted by Crippen LogP contribution is -2.49. The summed E-state index contributed by atoms with van der Waals surface area (Å²) in [5.41, 5.74) is 2.62. The summed E-state index contributed by atoms with van der Waals surface area (Å²) < 4.78 is 33.0. The maximum absolute atomic E-state index is 13.2. The number of benzene rings is 2. The molecule has 168 valence electrons. The molecule has 1 fully saturated rings. The fourth-order valence-electron chi connectivity index (χ4n) is 3.71. The van der Waals surface area contributed by atoms with Gasteiger partial charge in [0.25, 0.3) is 0 Å². The zero-order chi connectivity index (χ0) is 22.7. The summed E-state index contributed by atoms with van der Waals surface area (Å²) >= 11 is 1.31. The van der Waals surface area contributed by atoms with E-state index in [0.717, 1.165) is 35.4 Å². The van der Waals surface area contributed by atoms with Crippen LogP contribution in [0.4, 0.5) is 5.13 Å². The Morgan fingerprint density at radius 2 is 1.84 bits per heavy atom. The molecule has 2 aromatic carbocycles. The third kappa shape index (κ3) is 4.69. The van der Waals surface area contributed by atoms with E-state index in [1.807, 2.05) is 36.6 Å². The molecule has 0 bridgehead atoms. The van der Waals surface area contributed by atoms with Crippen LogP contribution in [0, 0.1) is 6.92 Å². The van der Waals surface area contributed by atoms with Crippen LogP contribution in [0.3, 0.4) is 0 Å². The van der Waals surface area contributed by atoms with Gasteiger partial charge in [-0.2, -0.15) is 4.31 Å². The normalized spacial score (nSPS) is 17.1. The van der Waals surface area contributed by atoms with Crippen LogP contribution in [-0.4, -0.2) is 43.3 Å². The topological polar surface area (TPSA) is 88.6 Å². The molecule has 1 aliphatic heterocycles. The molecule has 7 nitrogen and oxygen atoms in total. The molecular weight excluding hydrogens is 446 g/mol. The highest BCUT2D eigenvalue weighted by Crippen LogP contribution is 2.29. The standard InChI is InChI=1S/C23H25N3O4S2/c1-16-6-12-19(13-7-16)32(28,29)26-14-4-3-5-21(26)22(27)25-23-24-20(15-31-23)17-8-10-18(30-2)11-9-17/h6-13,15,21H,3-5,14H2,1-2H3,(H,24,25,27)/t21-/m0/s1. The Bertz CT molecular complexity index is 1190. The zero-order valence-corrected chi connectivity index (χ0v) is 19.6. The van der Waals surface area contributed by atoms with Crippen molar-refractivity contribution in [2.24, 2.45) is 0 Å². The summed E-state index contributed by atoms with van der Waals surface area (Å²) in [5, 5.41) is 5.13. The van der Waals surface area contributed by atoms with Gasteiger partial charge in [-0.1, -0.05) is 24.1 Å². The molecule has 1 atom stereocenters. The van der Waals surface area contributed by atoms with Crippen LogP contribution in [0.25, 0.3) is 11.3 Å². The van der Waals surface area contributed by atoms with Gasteiger partial charge in [-0.3, -0.25) is 4.79 Å². The highest BCUT2D eigenvalue weighted by atomic mass is 32.2. The number of hydrogen-bond donors (Lipinski definition) is 1. The first kappa shape index (κ1) is 22.4. The number of hydrogen-bond acceptors (Lipinski definition) is 6. The summed E-state index contributed by atoms with van der Waals surface area (Å²) in [6.45, 7) is 2.23. The summed E-state index contributed by atoms with van der Waals surface area (Å²) in [7, 11) is -2.16. The van der Waals surface area contributed by atoms with Gasteiger partial charge in [0, 0.05) is 17.5 Å². The molecule has 4 rings (SSSR count). The Labute approximate surface area is 192 Å². The number of nitrogens with zero attached hydrogens (tertiary/aromatic N) is 2. The molecule has 0 unspecified atom stereocenters. The van der Waals surface area contributed by atoms with Crippen LogP contribution in [0.2, 0.25) is 0 Å². The Hall–Kier alpha value is -2.75. The SMILES string of the molecule is COc1ccc(-c2csc(NC(=O)[C@@H]3CCCCN3S(=O)(=O)c3ccc(C)cc3)n2)cc1. The van der Waals surface area contributed by atoms with Gasteiger partial charge in [-0.05, 0) is 56.2 Å². The maximum Gasteiger partial charge on any atom is 0.244 e. The number of anilines is 1. The number of nitrogens with one attached hydrogen (secondary N) is 1. The van der Waals surface area contributed by atoms with Gasteiger partial charge < -0.3 is 10.1 Å². The van der Waals surface area contributed by atoms with Crippen molar-refractivity contribution in [3.05, 3.63) is 59.5 Å². The number of carbonyl (C=O) groups is 1. The maximum atomic E-state index is 13.2.